The van der Waals surface area contributed by atoms with Crippen LogP contribution in [-0.4, -0.2) is 46.9 Å². The number of carbonyl (C=O) groups is 3. The molecule has 0 aromatic carbocycles. The van der Waals surface area contributed by atoms with Gasteiger partial charge in [0.25, 0.3) is 0 Å². The minimum atomic E-state index is -0.768. The predicted octanol–water partition coefficient (Wildman–Crippen LogP) is 1.00. The third kappa shape index (κ3) is 3.42. The SMILES string of the molecule is O=C(N[C@@H]1CC[C@H](C(=O)O)C1)C1CCCN(C(=O)C2CC2)C1. The number of carboxylic acids is 1. The van der Waals surface area contributed by atoms with Crippen molar-refractivity contribution in [3.8, 4) is 0 Å². The molecule has 0 aromatic heterocycles. The van der Waals surface area contributed by atoms with Crippen molar-refractivity contribution in [2.75, 3.05) is 13.1 Å². The van der Waals surface area contributed by atoms with Crippen molar-refractivity contribution in [2.45, 2.75) is 51.0 Å². The summed E-state index contributed by atoms with van der Waals surface area (Å²) in [5.41, 5.74) is 0. The van der Waals surface area contributed by atoms with Crippen LogP contribution in [0.3, 0.4) is 0 Å². The number of carbonyl (C=O) groups excluding carboxylic acids is 2. The quantitative estimate of drug-likeness (QED) is 0.811. The summed E-state index contributed by atoms with van der Waals surface area (Å²) in [6, 6.07) is -0.0249. The van der Waals surface area contributed by atoms with Crippen LogP contribution in [0.25, 0.3) is 0 Å². The van der Waals surface area contributed by atoms with Crippen molar-refractivity contribution < 1.29 is 19.5 Å². The van der Waals surface area contributed by atoms with Gasteiger partial charge in [0.2, 0.25) is 11.8 Å². The Morgan fingerprint density at radius 3 is 2.32 bits per heavy atom. The summed E-state index contributed by atoms with van der Waals surface area (Å²) in [5, 5.41) is 12.0. The number of rotatable bonds is 4. The summed E-state index contributed by atoms with van der Waals surface area (Å²) in [4.78, 5) is 37.3. The van der Waals surface area contributed by atoms with E-state index in [4.69, 9.17) is 5.11 Å². The molecule has 2 saturated carbocycles. The van der Waals surface area contributed by atoms with Crippen LogP contribution in [0.4, 0.5) is 0 Å². The maximum absolute atomic E-state index is 12.4. The number of carboxylic acid groups (broad SMARTS) is 1. The van der Waals surface area contributed by atoms with E-state index in [0.717, 1.165) is 38.6 Å². The smallest absolute Gasteiger partial charge is 0.306 e. The Balaban J connectivity index is 1.49. The minimum Gasteiger partial charge on any atom is -0.481 e. The lowest BCUT2D eigenvalue weighted by Crippen LogP contribution is -2.47. The molecule has 1 unspecified atom stereocenters. The van der Waals surface area contributed by atoms with Crippen LogP contribution < -0.4 is 5.32 Å². The van der Waals surface area contributed by atoms with Crippen molar-refractivity contribution in [3.05, 3.63) is 0 Å². The summed E-state index contributed by atoms with van der Waals surface area (Å²) in [5.74, 6) is -0.831. The van der Waals surface area contributed by atoms with Gasteiger partial charge in [-0.15, -0.1) is 0 Å². The molecule has 3 aliphatic rings. The van der Waals surface area contributed by atoms with Gasteiger partial charge in [-0.2, -0.15) is 0 Å². The number of hydrogen-bond donors (Lipinski definition) is 2. The lowest BCUT2D eigenvalue weighted by atomic mass is 9.96. The second-order valence-corrected chi connectivity index (χ2v) is 6.95. The van der Waals surface area contributed by atoms with E-state index >= 15 is 0 Å². The number of nitrogens with one attached hydrogen (secondary N) is 1. The zero-order chi connectivity index (χ0) is 15.7. The molecule has 3 fully saturated rings. The average Bonchev–Trinajstić information content (AvgIpc) is 3.26. The lowest BCUT2D eigenvalue weighted by Gasteiger charge is -2.32. The Morgan fingerprint density at radius 2 is 1.68 bits per heavy atom. The van der Waals surface area contributed by atoms with Gasteiger partial charge >= 0.3 is 5.97 Å². The molecule has 2 N–H and O–H groups in total. The van der Waals surface area contributed by atoms with E-state index in [2.05, 4.69) is 5.32 Å². The van der Waals surface area contributed by atoms with Crippen molar-refractivity contribution in [1.82, 2.24) is 10.2 Å². The van der Waals surface area contributed by atoms with E-state index in [1.165, 1.54) is 0 Å². The molecular weight excluding hydrogens is 284 g/mol. The third-order valence-electron chi connectivity index (χ3n) is 5.16. The molecule has 0 radical (unpaired) electrons. The minimum absolute atomic E-state index is 0.00987. The average molecular weight is 308 g/mol. The van der Waals surface area contributed by atoms with Crippen molar-refractivity contribution in [1.29, 1.82) is 0 Å². The van der Waals surface area contributed by atoms with E-state index in [1.54, 1.807) is 0 Å². The van der Waals surface area contributed by atoms with Crippen molar-refractivity contribution in [2.24, 2.45) is 17.8 Å². The molecule has 0 spiro atoms. The Kier molecular flexibility index (Phi) is 4.36. The number of piperidine rings is 1. The lowest BCUT2D eigenvalue weighted by molar-refractivity contribution is -0.142. The monoisotopic (exact) mass is 308 g/mol. The van der Waals surface area contributed by atoms with Gasteiger partial charge in [-0.3, -0.25) is 14.4 Å². The van der Waals surface area contributed by atoms with E-state index < -0.39 is 5.97 Å². The molecule has 3 atom stereocenters. The zero-order valence-electron chi connectivity index (χ0n) is 12.8. The molecule has 22 heavy (non-hydrogen) atoms. The fraction of sp³-hybridized carbons (Fsp3) is 0.812. The van der Waals surface area contributed by atoms with Crippen LogP contribution in [0.5, 0.6) is 0 Å². The van der Waals surface area contributed by atoms with Gasteiger partial charge in [-0.25, -0.2) is 0 Å². The molecule has 6 heteroatoms. The Morgan fingerprint density at radius 1 is 0.955 bits per heavy atom. The molecule has 6 nitrogen and oxygen atoms in total. The van der Waals surface area contributed by atoms with Gasteiger partial charge in [0.05, 0.1) is 11.8 Å². The zero-order valence-corrected chi connectivity index (χ0v) is 12.8. The summed E-state index contributed by atoms with van der Waals surface area (Å²) in [6.45, 7) is 1.29. The molecule has 0 aromatic rings. The van der Waals surface area contributed by atoms with E-state index in [9.17, 15) is 14.4 Å². The molecule has 3 rings (SSSR count). The van der Waals surface area contributed by atoms with Crippen molar-refractivity contribution in [3.63, 3.8) is 0 Å². The number of hydrogen-bond acceptors (Lipinski definition) is 3. The van der Waals surface area contributed by atoms with Crippen LogP contribution in [0.15, 0.2) is 0 Å². The highest BCUT2D eigenvalue weighted by Crippen LogP contribution is 2.32. The molecule has 0 bridgehead atoms. The molecule has 1 heterocycles. The first-order valence-corrected chi connectivity index (χ1v) is 8.36. The highest BCUT2D eigenvalue weighted by atomic mass is 16.4. The fourth-order valence-corrected chi connectivity index (χ4v) is 3.64. The van der Waals surface area contributed by atoms with E-state index in [1.807, 2.05) is 4.90 Å². The molecular formula is C16H24N2O4. The normalized spacial score (nSPS) is 31.8. The standard InChI is InChI=1S/C16H24N2O4/c19-14(17-13-6-5-11(8-13)16(21)22)12-2-1-7-18(9-12)15(20)10-3-4-10/h10-13H,1-9H2,(H,17,19)(H,21,22)/t11-,12?,13+/m0/s1. The van der Waals surface area contributed by atoms with Gasteiger partial charge in [-0.05, 0) is 44.9 Å². The summed E-state index contributed by atoms with van der Waals surface area (Å²) in [6.07, 6.45) is 5.57. The third-order valence-corrected chi connectivity index (χ3v) is 5.16. The summed E-state index contributed by atoms with van der Waals surface area (Å²) in [7, 11) is 0. The molecule has 2 aliphatic carbocycles. The number of likely N-dealkylation sites (tertiary alicyclic amines) is 1. The van der Waals surface area contributed by atoms with Crippen LogP contribution in [0.2, 0.25) is 0 Å². The Hall–Kier alpha value is -1.59. The molecule has 122 valence electrons. The molecule has 1 saturated heterocycles. The Labute approximate surface area is 130 Å². The maximum Gasteiger partial charge on any atom is 0.306 e. The van der Waals surface area contributed by atoms with E-state index in [0.29, 0.717) is 19.4 Å². The number of aliphatic carboxylic acids is 1. The first kappa shape index (κ1) is 15.3. The first-order chi connectivity index (χ1) is 10.5. The van der Waals surface area contributed by atoms with Crippen LogP contribution in [0.1, 0.15) is 44.9 Å². The highest BCUT2D eigenvalue weighted by Gasteiger charge is 2.37. The highest BCUT2D eigenvalue weighted by molar-refractivity contribution is 5.83. The number of nitrogens with zero attached hydrogens (tertiary/aromatic N) is 1. The van der Waals surface area contributed by atoms with Gasteiger partial charge in [0.1, 0.15) is 0 Å². The van der Waals surface area contributed by atoms with E-state index in [-0.39, 0.29) is 35.6 Å². The van der Waals surface area contributed by atoms with Crippen LogP contribution in [-0.2, 0) is 14.4 Å². The maximum atomic E-state index is 12.4. The van der Waals surface area contributed by atoms with Gasteiger partial charge < -0.3 is 15.3 Å². The topological polar surface area (TPSA) is 86.7 Å². The van der Waals surface area contributed by atoms with Gasteiger partial charge in [0, 0.05) is 25.0 Å². The van der Waals surface area contributed by atoms with Gasteiger partial charge in [0.15, 0.2) is 0 Å². The Bertz CT molecular complexity index is 475. The molecule has 2 amide bonds. The summed E-state index contributed by atoms with van der Waals surface area (Å²) >= 11 is 0. The second kappa shape index (κ2) is 6.26. The largest absolute Gasteiger partial charge is 0.481 e. The van der Waals surface area contributed by atoms with Crippen LogP contribution in [0, 0.1) is 17.8 Å². The fourth-order valence-electron chi connectivity index (χ4n) is 3.64. The summed E-state index contributed by atoms with van der Waals surface area (Å²) < 4.78 is 0. The van der Waals surface area contributed by atoms with Crippen LogP contribution >= 0.6 is 0 Å². The second-order valence-electron chi connectivity index (χ2n) is 6.95. The molecule has 1 aliphatic heterocycles. The first-order valence-electron chi connectivity index (χ1n) is 8.36. The number of amides is 2. The van der Waals surface area contributed by atoms with Crippen molar-refractivity contribution >= 4 is 17.8 Å². The van der Waals surface area contributed by atoms with Gasteiger partial charge in [-0.1, -0.05) is 0 Å². The predicted molar refractivity (Wildman–Crippen MR) is 78.9 cm³/mol.